The van der Waals surface area contributed by atoms with Crippen molar-refractivity contribution in [2.24, 2.45) is 0 Å². The van der Waals surface area contributed by atoms with Crippen LogP contribution in [0, 0.1) is 0 Å². The summed E-state index contributed by atoms with van der Waals surface area (Å²) in [5.41, 5.74) is 7.45. The molecule has 3 nitrogen and oxygen atoms in total. The molecule has 0 radical (unpaired) electrons. The van der Waals surface area contributed by atoms with Crippen LogP contribution in [0.15, 0.2) is 18.2 Å². The molecule has 0 saturated heterocycles. The van der Waals surface area contributed by atoms with Crippen molar-refractivity contribution < 1.29 is 5.11 Å². The Balaban J connectivity index is 2.05. The number of anilines is 1. The van der Waals surface area contributed by atoms with E-state index in [0.29, 0.717) is 23.3 Å². The summed E-state index contributed by atoms with van der Waals surface area (Å²) >= 11 is 6.17. The smallest absolute Gasteiger partial charge is 0.0558 e. The molecule has 2 rings (SSSR count). The Kier molecular flexibility index (Phi) is 4.26. The van der Waals surface area contributed by atoms with Gasteiger partial charge in [-0.2, -0.15) is 0 Å². The van der Waals surface area contributed by atoms with E-state index in [4.69, 9.17) is 22.4 Å². The topological polar surface area (TPSA) is 49.5 Å². The number of benzene rings is 1. The molecule has 1 saturated carbocycles. The van der Waals surface area contributed by atoms with Crippen molar-refractivity contribution in [1.82, 2.24) is 4.90 Å². The Morgan fingerprint density at radius 3 is 2.71 bits per heavy atom. The van der Waals surface area contributed by atoms with Crippen molar-refractivity contribution >= 4 is 17.3 Å². The molecule has 1 fully saturated rings. The van der Waals surface area contributed by atoms with Gasteiger partial charge in [0.05, 0.1) is 6.61 Å². The predicted octanol–water partition coefficient (Wildman–Crippen LogP) is 2.27. The van der Waals surface area contributed by atoms with Gasteiger partial charge in [-0.25, -0.2) is 0 Å². The molecule has 0 aromatic heterocycles. The fourth-order valence-corrected chi connectivity index (χ4v) is 2.43. The third kappa shape index (κ3) is 3.12. The van der Waals surface area contributed by atoms with E-state index in [1.165, 1.54) is 19.3 Å². The molecule has 1 aromatic carbocycles. The van der Waals surface area contributed by atoms with Crippen molar-refractivity contribution in [3.05, 3.63) is 28.8 Å². The Morgan fingerprint density at radius 2 is 2.18 bits per heavy atom. The van der Waals surface area contributed by atoms with E-state index in [1.807, 2.05) is 12.1 Å². The summed E-state index contributed by atoms with van der Waals surface area (Å²) in [5, 5.41) is 9.82. The second-order valence-corrected chi connectivity index (χ2v) is 5.04. The van der Waals surface area contributed by atoms with Gasteiger partial charge in [-0.1, -0.05) is 24.1 Å². The van der Waals surface area contributed by atoms with Crippen LogP contribution in [-0.4, -0.2) is 29.2 Å². The zero-order chi connectivity index (χ0) is 12.3. The van der Waals surface area contributed by atoms with E-state index in [9.17, 15) is 0 Å². The zero-order valence-corrected chi connectivity index (χ0v) is 10.7. The molecule has 4 heteroatoms. The van der Waals surface area contributed by atoms with Crippen LogP contribution < -0.4 is 5.73 Å². The van der Waals surface area contributed by atoms with Crippen LogP contribution >= 0.6 is 11.6 Å². The number of rotatable bonds is 5. The van der Waals surface area contributed by atoms with Gasteiger partial charge < -0.3 is 10.8 Å². The van der Waals surface area contributed by atoms with Crippen LogP contribution in [0.5, 0.6) is 0 Å². The molecule has 3 N–H and O–H groups in total. The van der Waals surface area contributed by atoms with Crippen LogP contribution in [0.1, 0.15) is 24.8 Å². The minimum absolute atomic E-state index is 0.198. The van der Waals surface area contributed by atoms with E-state index < -0.39 is 0 Å². The first-order valence-electron chi connectivity index (χ1n) is 6.09. The third-order valence-electron chi connectivity index (χ3n) is 3.43. The summed E-state index contributed by atoms with van der Waals surface area (Å²) < 4.78 is 0. The van der Waals surface area contributed by atoms with Gasteiger partial charge in [0.2, 0.25) is 0 Å². The average molecular weight is 255 g/mol. The Hall–Kier alpha value is -0.770. The maximum atomic E-state index is 9.10. The predicted molar refractivity (Wildman–Crippen MR) is 71.0 cm³/mol. The van der Waals surface area contributed by atoms with E-state index in [0.717, 1.165) is 12.1 Å². The number of nitrogens with zero attached hydrogens (tertiary/aromatic N) is 1. The van der Waals surface area contributed by atoms with Gasteiger partial charge in [0.25, 0.3) is 0 Å². The van der Waals surface area contributed by atoms with E-state index in [2.05, 4.69) is 4.90 Å². The van der Waals surface area contributed by atoms with Crippen LogP contribution in [-0.2, 0) is 6.54 Å². The number of hydrogen-bond donors (Lipinski definition) is 2. The molecular weight excluding hydrogens is 236 g/mol. The maximum Gasteiger partial charge on any atom is 0.0558 e. The zero-order valence-electron chi connectivity index (χ0n) is 9.90. The lowest BCUT2D eigenvalue weighted by molar-refractivity contribution is 0.0946. The number of hydrogen-bond acceptors (Lipinski definition) is 3. The lowest BCUT2D eigenvalue weighted by atomic mass is 9.91. The fraction of sp³-hybridized carbons (Fsp3) is 0.538. The van der Waals surface area contributed by atoms with Crippen LogP contribution in [0.3, 0.4) is 0 Å². The van der Waals surface area contributed by atoms with Gasteiger partial charge in [-0.15, -0.1) is 0 Å². The molecule has 0 amide bonds. The van der Waals surface area contributed by atoms with Gasteiger partial charge in [0.1, 0.15) is 0 Å². The molecule has 1 aliphatic carbocycles. The number of halogens is 1. The highest BCUT2D eigenvalue weighted by Gasteiger charge is 2.24. The number of aliphatic hydroxyl groups excluding tert-OH is 1. The highest BCUT2D eigenvalue weighted by atomic mass is 35.5. The van der Waals surface area contributed by atoms with Crippen molar-refractivity contribution in [2.45, 2.75) is 31.8 Å². The summed E-state index contributed by atoms with van der Waals surface area (Å²) in [6.45, 7) is 1.71. The van der Waals surface area contributed by atoms with E-state index in [-0.39, 0.29) is 6.61 Å². The monoisotopic (exact) mass is 254 g/mol. The highest BCUT2D eigenvalue weighted by Crippen LogP contribution is 2.28. The molecule has 0 atom stereocenters. The second-order valence-electron chi connectivity index (χ2n) is 4.63. The lowest BCUT2D eigenvalue weighted by Gasteiger charge is -2.37. The molecular formula is C13H19ClN2O. The molecule has 1 aliphatic rings. The molecule has 1 aromatic rings. The minimum Gasteiger partial charge on any atom is -0.399 e. The molecule has 94 valence electrons. The Bertz CT molecular complexity index is 380. The normalized spacial score (nSPS) is 16.2. The first kappa shape index (κ1) is 12.7. The largest absolute Gasteiger partial charge is 0.399 e. The summed E-state index contributed by atoms with van der Waals surface area (Å²) in [4.78, 5) is 2.31. The first-order valence-corrected chi connectivity index (χ1v) is 6.47. The standard InChI is InChI=1S/C13H19ClN2O/c14-13-8-11(15)5-4-10(13)9-16(6-7-17)12-2-1-3-12/h4-5,8,12,17H,1-3,6-7,9,15H2. The summed E-state index contributed by atoms with van der Waals surface area (Å²) in [6, 6.07) is 6.24. The summed E-state index contributed by atoms with van der Waals surface area (Å²) in [6.07, 6.45) is 3.75. The van der Waals surface area contributed by atoms with Crippen molar-refractivity contribution in [2.75, 3.05) is 18.9 Å². The van der Waals surface area contributed by atoms with Crippen LogP contribution in [0.25, 0.3) is 0 Å². The van der Waals surface area contributed by atoms with Crippen molar-refractivity contribution in [3.8, 4) is 0 Å². The molecule has 0 unspecified atom stereocenters. The van der Waals surface area contributed by atoms with E-state index >= 15 is 0 Å². The second kappa shape index (κ2) is 5.71. The van der Waals surface area contributed by atoms with Crippen molar-refractivity contribution in [3.63, 3.8) is 0 Å². The summed E-state index contributed by atoms with van der Waals surface area (Å²) in [5.74, 6) is 0. The lowest BCUT2D eigenvalue weighted by Crippen LogP contribution is -2.41. The maximum absolute atomic E-state index is 9.10. The van der Waals surface area contributed by atoms with Gasteiger partial charge >= 0.3 is 0 Å². The summed E-state index contributed by atoms with van der Waals surface area (Å²) in [7, 11) is 0. The Labute approximate surface area is 107 Å². The molecule has 0 aliphatic heterocycles. The van der Waals surface area contributed by atoms with Crippen LogP contribution in [0.4, 0.5) is 5.69 Å². The van der Waals surface area contributed by atoms with Crippen LogP contribution in [0.2, 0.25) is 5.02 Å². The van der Waals surface area contributed by atoms with Gasteiger partial charge in [-0.3, -0.25) is 4.90 Å². The van der Waals surface area contributed by atoms with Gasteiger partial charge in [-0.05, 0) is 30.5 Å². The quantitative estimate of drug-likeness (QED) is 0.793. The highest BCUT2D eigenvalue weighted by molar-refractivity contribution is 6.31. The molecule has 17 heavy (non-hydrogen) atoms. The number of nitrogens with two attached hydrogens (primary N) is 1. The van der Waals surface area contributed by atoms with Gasteiger partial charge in [0, 0.05) is 29.8 Å². The molecule has 0 bridgehead atoms. The number of nitrogen functional groups attached to an aromatic ring is 1. The fourth-order valence-electron chi connectivity index (χ4n) is 2.18. The minimum atomic E-state index is 0.198. The number of aliphatic hydroxyl groups is 1. The van der Waals surface area contributed by atoms with E-state index in [1.54, 1.807) is 6.07 Å². The van der Waals surface area contributed by atoms with Gasteiger partial charge in [0.15, 0.2) is 0 Å². The Morgan fingerprint density at radius 1 is 1.41 bits per heavy atom. The average Bonchev–Trinajstić information content (AvgIpc) is 2.20. The SMILES string of the molecule is Nc1ccc(CN(CCO)C2CCC2)c(Cl)c1. The van der Waals surface area contributed by atoms with Crippen molar-refractivity contribution in [1.29, 1.82) is 0 Å². The first-order chi connectivity index (χ1) is 8.20. The molecule has 0 spiro atoms. The molecule has 0 heterocycles. The third-order valence-corrected chi connectivity index (χ3v) is 3.78.